The Balaban J connectivity index is 1.66. The monoisotopic (exact) mass is 224 g/mol. The molecule has 0 aromatic rings. The molecule has 0 amide bonds. The summed E-state index contributed by atoms with van der Waals surface area (Å²) < 4.78 is 10.6. The summed E-state index contributed by atoms with van der Waals surface area (Å²) >= 11 is 0. The van der Waals surface area contributed by atoms with Crippen molar-refractivity contribution in [1.82, 2.24) is 0 Å². The average Bonchev–Trinajstić information content (AvgIpc) is 2.87. The van der Waals surface area contributed by atoms with Crippen molar-refractivity contribution in [3.8, 4) is 0 Å². The van der Waals surface area contributed by atoms with Crippen LogP contribution in [0.3, 0.4) is 0 Å². The highest BCUT2D eigenvalue weighted by Crippen LogP contribution is 2.57. The summed E-state index contributed by atoms with van der Waals surface area (Å²) in [6.45, 7) is 2.22. The third-order valence-electron chi connectivity index (χ3n) is 4.38. The number of hydrogen-bond donors (Lipinski definition) is 0. The molecule has 0 aromatic carbocycles. The van der Waals surface area contributed by atoms with Crippen LogP contribution in [0, 0.1) is 23.7 Å². The van der Waals surface area contributed by atoms with Crippen molar-refractivity contribution >= 4 is 11.9 Å². The summed E-state index contributed by atoms with van der Waals surface area (Å²) in [5.41, 5.74) is 0. The zero-order valence-corrected chi connectivity index (χ0v) is 9.35. The van der Waals surface area contributed by atoms with Gasteiger partial charge >= 0.3 is 11.9 Å². The number of esters is 2. The zero-order chi connectivity index (χ0) is 11.3. The lowest BCUT2D eigenvalue weighted by atomic mass is 9.83. The highest BCUT2D eigenvalue weighted by atomic mass is 16.6. The molecular formula is C12H16O4. The molecule has 5 unspecified atom stereocenters. The predicted octanol–water partition coefficient (Wildman–Crippen LogP) is 1.14. The molecule has 0 spiro atoms. The first kappa shape index (κ1) is 10.1. The van der Waals surface area contributed by atoms with Crippen LogP contribution in [0.25, 0.3) is 0 Å². The molecule has 0 N–H and O–H groups in total. The Hall–Kier alpha value is -1.06. The Bertz CT molecular complexity index is 338. The van der Waals surface area contributed by atoms with Crippen molar-refractivity contribution < 1.29 is 19.1 Å². The number of carbonyl (C=O) groups excluding carboxylic acids is 2. The SMILES string of the molecule is CCC(=O)OCC1C2CC3C(=O)OC1C3C2. The van der Waals surface area contributed by atoms with Gasteiger partial charge in [-0.25, -0.2) is 0 Å². The van der Waals surface area contributed by atoms with Gasteiger partial charge in [0.05, 0.1) is 12.5 Å². The van der Waals surface area contributed by atoms with Gasteiger partial charge in [-0.1, -0.05) is 6.92 Å². The van der Waals surface area contributed by atoms with Gasteiger partial charge in [0.25, 0.3) is 0 Å². The minimum absolute atomic E-state index is 0.0261. The highest BCUT2D eigenvalue weighted by Gasteiger charge is 2.61. The summed E-state index contributed by atoms with van der Waals surface area (Å²) in [5.74, 6) is 1.14. The number of carbonyl (C=O) groups is 2. The van der Waals surface area contributed by atoms with Gasteiger partial charge in [-0.15, -0.1) is 0 Å². The molecule has 1 aliphatic heterocycles. The maximum absolute atomic E-state index is 11.5. The Labute approximate surface area is 94.3 Å². The highest BCUT2D eigenvalue weighted by molar-refractivity contribution is 5.76. The van der Waals surface area contributed by atoms with E-state index in [1.165, 1.54) is 0 Å². The third-order valence-corrected chi connectivity index (χ3v) is 4.38. The van der Waals surface area contributed by atoms with Gasteiger partial charge in [-0.2, -0.15) is 0 Å². The van der Waals surface area contributed by atoms with Gasteiger partial charge in [-0.3, -0.25) is 9.59 Å². The fourth-order valence-electron chi connectivity index (χ4n) is 3.60. The second-order valence-electron chi connectivity index (χ2n) is 5.10. The van der Waals surface area contributed by atoms with Crippen molar-refractivity contribution in [2.45, 2.75) is 32.3 Å². The van der Waals surface area contributed by atoms with Crippen LogP contribution in [0.1, 0.15) is 26.2 Å². The van der Waals surface area contributed by atoms with E-state index in [9.17, 15) is 9.59 Å². The van der Waals surface area contributed by atoms with Gasteiger partial charge in [-0.05, 0) is 18.8 Å². The standard InChI is InChI=1S/C12H16O4/c1-2-10(13)15-5-9-6-3-7-8(4-6)12(14)16-11(7)9/h6-9,11H,2-5H2,1H3. The second kappa shape index (κ2) is 3.47. The first-order valence-electron chi connectivity index (χ1n) is 6.06. The van der Waals surface area contributed by atoms with E-state index in [1.54, 1.807) is 6.92 Å². The zero-order valence-electron chi connectivity index (χ0n) is 9.35. The number of hydrogen-bond acceptors (Lipinski definition) is 4. The van der Waals surface area contributed by atoms with Crippen LogP contribution in [-0.4, -0.2) is 24.6 Å². The third kappa shape index (κ3) is 1.28. The quantitative estimate of drug-likeness (QED) is 0.674. The lowest BCUT2D eigenvalue weighted by molar-refractivity contribution is -0.148. The van der Waals surface area contributed by atoms with Crippen LogP contribution in [0.5, 0.6) is 0 Å². The first-order chi connectivity index (χ1) is 7.70. The van der Waals surface area contributed by atoms with Crippen LogP contribution in [0.15, 0.2) is 0 Å². The van der Waals surface area contributed by atoms with Crippen LogP contribution in [-0.2, 0) is 19.1 Å². The minimum Gasteiger partial charge on any atom is -0.465 e. The summed E-state index contributed by atoms with van der Waals surface area (Å²) in [6.07, 6.45) is 2.46. The van der Waals surface area contributed by atoms with Gasteiger partial charge in [0.1, 0.15) is 6.10 Å². The van der Waals surface area contributed by atoms with E-state index >= 15 is 0 Å². The van der Waals surface area contributed by atoms with Crippen molar-refractivity contribution in [2.24, 2.45) is 23.7 Å². The van der Waals surface area contributed by atoms with Crippen molar-refractivity contribution in [3.63, 3.8) is 0 Å². The van der Waals surface area contributed by atoms with Crippen LogP contribution >= 0.6 is 0 Å². The molecule has 3 rings (SSSR count). The fraction of sp³-hybridized carbons (Fsp3) is 0.833. The predicted molar refractivity (Wildman–Crippen MR) is 54.3 cm³/mol. The molecule has 0 radical (unpaired) electrons. The fourth-order valence-corrected chi connectivity index (χ4v) is 3.60. The van der Waals surface area contributed by atoms with Crippen LogP contribution in [0.2, 0.25) is 0 Å². The Morgan fingerprint density at radius 1 is 1.50 bits per heavy atom. The summed E-state index contributed by atoms with van der Waals surface area (Å²) in [7, 11) is 0. The molecule has 88 valence electrons. The molecule has 2 saturated carbocycles. The average molecular weight is 224 g/mol. The number of ether oxygens (including phenoxy) is 2. The van der Waals surface area contributed by atoms with Gasteiger partial charge < -0.3 is 9.47 Å². The topological polar surface area (TPSA) is 52.6 Å². The molecule has 16 heavy (non-hydrogen) atoms. The van der Waals surface area contributed by atoms with E-state index in [1.807, 2.05) is 0 Å². The summed E-state index contributed by atoms with van der Waals surface area (Å²) in [6, 6.07) is 0. The van der Waals surface area contributed by atoms with Crippen molar-refractivity contribution in [1.29, 1.82) is 0 Å². The Morgan fingerprint density at radius 3 is 3.06 bits per heavy atom. The van der Waals surface area contributed by atoms with E-state index < -0.39 is 0 Å². The van der Waals surface area contributed by atoms with Gasteiger partial charge in [0.15, 0.2) is 0 Å². The largest absolute Gasteiger partial charge is 0.465 e. The maximum Gasteiger partial charge on any atom is 0.309 e. The molecule has 0 aromatic heterocycles. The second-order valence-corrected chi connectivity index (χ2v) is 5.10. The smallest absolute Gasteiger partial charge is 0.309 e. The molecule has 2 aliphatic carbocycles. The first-order valence-corrected chi connectivity index (χ1v) is 6.06. The Kier molecular flexibility index (Phi) is 2.19. The maximum atomic E-state index is 11.5. The van der Waals surface area contributed by atoms with Crippen molar-refractivity contribution in [2.75, 3.05) is 6.61 Å². The Morgan fingerprint density at radius 2 is 2.31 bits per heavy atom. The molecule has 4 heteroatoms. The molecule has 3 aliphatic rings. The lowest BCUT2D eigenvalue weighted by Gasteiger charge is -2.24. The lowest BCUT2D eigenvalue weighted by Crippen LogP contribution is -2.31. The molecule has 2 bridgehead atoms. The number of rotatable bonds is 3. The number of fused-ring (bicyclic) bond motifs is 1. The van der Waals surface area contributed by atoms with E-state index in [4.69, 9.17) is 9.47 Å². The molecule has 1 saturated heterocycles. The van der Waals surface area contributed by atoms with E-state index in [0.717, 1.165) is 12.8 Å². The van der Waals surface area contributed by atoms with Gasteiger partial charge in [0, 0.05) is 18.3 Å². The van der Waals surface area contributed by atoms with Gasteiger partial charge in [0.2, 0.25) is 0 Å². The summed E-state index contributed by atoms with van der Waals surface area (Å²) in [5, 5.41) is 0. The van der Waals surface area contributed by atoms with E-state index in [0.29, 0.717) is 24.9 Å². The van der Waals surface area contributed by atoms with E-state index in [2.05, 4.69) is 0 Å². The van der Waals surface area contributed by atoms with E-state index in [-0.39, 0.29) is 29.9 Å². The normalized spacial score (nSPS) is 43.6. The van der Waals surface area contributed by atoms with Crippen LogP contribution in [0.4, 0.5) is 0 Å². The molecule has 4 nitrogen and oxygen atoms in total. The molecule has 3 fully saturated rings. The summed E-state index contributed by atoms with van der Waals surface area (Å²) in [4.78, 5) is 22.6. The van der Waals surface area contributed by atoms with Crippen molar-refractivity contribution in [3.05, 3.63) is 0 Å². The minimum atomic E-state index is -0.163. The van der Waals surface area contributed by atoms with Crippen LogP contribution < -0.4 is 0 Å². The molecule has 1 heterocycles. The molecular weight excluding hydrogens is 208 g/mol. The molecule has 5 atom stereocenters.